The lowest BCUT2D eigenvalue weighted by Crippen LogP contribution is -2.24. The van der Waals surface area contributed by atoms with Gasteiger partial charge in [-0.15, -0.1) is 5.10 Å². The van der Waals surface area contributed by atoms with Gasteiger partial charge in [0.25, 0.3) is 0 Å². The molecule has 0 aliphatic carbocycles. The fourth-order valence-corrected chi connectivity index (χ4v) is 3.20. The Morgan fingerprint density at radius 1 is 0.964 bits per heavy atom. The van der Waals surface area contributed by atoms with E-state index in [2.05, 4.69) is 20.4 Å². The van der Waals surface area contributed by atoms with Gasteiger partial charge in [0.2, 0.25) is 0 Å². The minimum atomic E-state index is -0.149. The van der Waals surface area contributed by atoms with Gasteiger partial charge in [0.05, 0.1) is 17.6 Å². The third-order valence-electron chi connectivity index (χ3n) is 4.55. The van der Waals surface area contributed by atoms with E-state index in [0.29, 0.717) is 18.7 Å². The lowest BCUT2D eigenvalue weighted by molar-refractivity contribution is 0.613. The molecule has 0 aliphatic rings. The molecule has 4 aromatic heterocycles. The molecule has 1 aromatic carbocycles. The second-order valence-corrected chi connectivity index (χ2v) is 6.35. The maximum Gasteiger partial charge on any atom is 0.350 e. The van der Waals surface area contributed by atoms with Crippen molar-refractivity contribution in [1.82, 2.24) is 28.7 Å². The third-order valence-corrected chi connectivity index (χ3v) is 4.55. The predicted molar refractivity (Wildman–Crippen MR) is 107 cm³/mol. The van der Waals surface area contributed by atoms with Crippen molar-refractivity contribution in [1.29, 1.82) is 0 Å². The van der Waals surface area contributed by atoms with Crippen LogP contribution in [0.4, 0.5) is 5.82 Å². The molecule has 0 fully saturated rings. The standard InChI is InChI=1S/C20H17N7O/c28-20-25-12-4-3-9-19(25)24-27(20)13-11-21-17-8-5-10-18(23-17)26-14-22-15-6-1-2-7-16(15)26/h1-10,12,14H,11,13H2,(H,21,23). The van der Waals surface area contributed by atoms with E-state index in [1.54, 1.807) is 12.5 Å². The summed E-state index contributed by atoms with van der Waals surface area (Å²) in [4.78, 5) is 21.4. The van der Waals surface area contributed by atoms with Gasteiger partial charge in [-0.05, 0) is 36.4 Å². The minimum Gasteiger partial charge on any atom is -0.368 e. The molecule has 0 aliphatic heterocycles. The molecule has 5 rings (SSSR count). The van der Waals surface area contributed by atoms with Crippen LogP contribution in [-0.4, -0.2) is 35.3 Å². The van der Waals surface area contributed by atoms with Crippen molar-refractivity contribution in [2.75, 3.05) is 11.9 Å². The Morgan fingerprint density at radius 2 is 1.86 bits per heavy atom. The molecule has 8 heteroatoms. The number of hydrogen-bond acceptors (Lipinski definition) is 5. The average Bonchev–Trinajstić information content (AvgIpc) is 3.30. The van der Waals surface area contributed by atoms with Crippen LogP contribution in [0.1, 0.15) is 0 Å². The zero-order valence-electron chi connectivity index (χ0n) is 14.9. The Kier molecular flexibility index (Phi) is 3.86. The van der Waals surface area contributed by atoms with Gasteiger partial charge in [-0.2, -0.15) is 0 Å². The molecule has 0 unspecified atom stereocenters. The van der Waals surface area contributed by atoms with E-state index in [1.807, 2.05) is 65.2 Å². The molecule has 1 N–H and O–H groups in total. The van der Waals surface area contributed by atoms with E-state index in [0.717, 1.165) is 22.7 Å². The highest BCUT2D eigenvalue weighted by Gasteiger charge is 2.07. The number of rotatable bonds is 5. The fraction of sp³-hybridized carbons (Fsp3) is 0.100. The first-order valence-electron chi connectivity index (χ1n) is 8.97. The van der Waals surface area contributed by atoms with Crippen LogP contribution in [0, 0.1) is 0 Å². The van der Waals surface area contributed by atoms with Crippen LogP contribution in [0.2, 0.25) is 0 Å². The number of nitrogens with one attached hydrogen (secondary N) is 1. The van der Waals surface area contributed by atoms with Crippen LogP contribution in [0.15, 0.2) is 78.0 Å². The third kappa shape index (κ3) is 2.81. The van der Waals surface area contributed by atoms with Crippen LogP contribution < -0.4 is 11.0 Å². The first-order chi connectivity index (χ1) is 13.8. The first-order valence-corrected chi connectivity index (χ1v) is 8.97. The minimum absolute atomic E-state index is 0.149. The van der Waals surface area contributed by atoms with E-state index < -0.39 is 0 Å². The summed E-state index contributed by atoms with van der Waals surface area (Å²) in [6, 6.07) is 19.2. The van der Waals surface area contributed by atoms with E-state index >= 15 is 0 Å². The predicted octanol–water partition coefficient (Wildman–Crippen LogP) is 2.34. The lowest BCUT2D eigenvalue weighted by Gasteiger charge is -2.08. The van der Waals surface area contributed by atoms with Crippen molar-refractivity contribution in [2.24, 2.45) is 0 Å². The molecule has 0 amide bonds. The molecule has 0 atom stereocenters. The van der Waals surface area contributed by atoms with Gasteiger partial charge in [-0.3, -0.25) is 8.97 Å². The monoisotopic (exact) mass is 371 g/mol. The van der Waals surface area contributed by atoms with Crippen LogP contribution in [0.5, 0.6) is 0 Å². The maximum absolute atomic E-state index is 12.3. The van der Waals surface area contributed by atoms with Gasteiger partial charge in [0.15, 0.2) is 5.65 Å². The van der Waals surface area contributed by atoms with Crippen molar-refractivity contribution >= 4 is 22.5 Å². The smallest absolute Gasteiger partial charge is 0.350 e. The molecular formula is C20H17N7O. The van der Waals surface area contributed by atoms with E-state index in [4.69, 9.17) is 0 Å². The Morgan fingerprint density at radius 3 is 2.79 bits per heavy atom. The number of benzene rings is 1. The van der Waals surface area contributed by atoms with Gasteiger partial charge < -0.3 is 5.32 Å². The Labute approximate surface area is 159 Å². The summed E-state index contributed by atoms with van der Waals surface area (Å²) in [5, 5.41) is 7.59. The molecule has 138 valence electrons. The Hall–Kier alpha value is -3.94. The number of anilines is 1. The van der Waals surface area contributed by atoms with Gasteiger partial charge in [-0.25, -0.2) is 19.4 Å². The van der Waals surface area contributed by atoms with Crippen molar-refractivity contribution in [3.8, 4) is 5.82 Å². The quantitative estimate of drug-likeness (QED) is 0.513. The highest BCUT2D eigenvalue weighted by Crippen LogP contribution is 2.17. The number of aromatic nitrogens is 6. The van der Waals surface area contributed by atoms with E-state index in [-0.39, 0.29) is 5.69 Å². The zero-order valence-corrected chi connectivity index (χ0v) is 14.9. The average molecular weight is 371 g/mol. The number of nitrogens with zero attached hydrogens (tertiary/aromatic N) is 6. The highest BCUT2D eigenvalue weighted by molar-refractivity contribution is 5.76. The number of fused-ring (bicyclic) bond motifs is 2. The van der Waals surface area contributed by atoms with Gasteiger partial charge in [0, 0.05) is 12.7 Å². The maximum atomic E-state index is 12.3. The Bertz CT molecular complexity index is 1330. The van der Waals surface area contributed by atoms with Crippen molar-refractivity contribution in [2.45, 2.75) is 6.54 Å². The second kappa shape index (κ2) is 6.66. The van der Waals surface area contributed by atoms with Crippen LogP contribution in [0.3, 0.4) is 0 Å². The van der Waals surface area contributed by atoms with Gasteiger partial charge in [0.1, 0.15) is 18.0 Å². The molecule has 0 saturated carbocycles. The lowest BCUT2D eigenvalue weighted by atomic mass is 10.3. The Balaban J connectivity index is 1.34. The van der Waals surface area contributed by atoms with Gasteiger partial charge >= 0.3 is 5.69 Å². The molecule has 28 heavy (non-hydrogen) atoms. The molecule has 8 nitrogen and oxygen atoms in total. The second-order valence-electron chi connectivity index (χ2n) is 6.35. The van der Waals surface area contributed by atoms with Crippen molar-refractivity contribution < 1.29 is 0 Å². The van der Waals surface area contributed by atoms with Crippen molar-refractivity contribution in [3.05, 3.63) is 83.7 Å². The van der Waals surface area contributed by atoms with Crippen LogP contribution >= 0.6 is 0 Å². The SMILES string of the molecule is O=c1n(CCNc2cccc(-n3cnc4ccccc43)n2)nc2ccccn12. The normalized spacial score (nSPS) is 11.3. The molecule has 0 bridgehead atoms. The molecule has 0 spiro atoms. The summed E-state index contributed by atoms with van der Waals surface area (Å²) in [7, 11) is 0. The number of imidazole rings is 1. The summed E-state index contributed by atoms with van der Waals surface area (Å²) in [5.74, 6) is 1.51. The molecule has 0 saturated heterocycles. The summed E-state index contributed by atoms with van der Waals surface area (Å²) in [5.41, 5.74) is 2.42. The molecule has 4 heterocycles. The first kappa shape index (κ1) is 16.2. The summed E-state index contributed by atoms with van der Waals surface area (Å²) in [6.07, 6.45) is 3.49. The summed E-state index contributed by atoms with van der Waals surface area (Å²) < 4.78 is 4.94. The largest absolute Gasteiger partial charge is 0.368 e. The van der Waals surface area contributed by atoms with E-state index in [1.165, 1.54) is 9.08 Å². The topological polar surface area (TPSA) is 82.0 Å². The summed E-state index contributed by atoms with van der Waals surface area (Å²) >= 11 is 0. The van der Waals surface area contributed by atoms with Gasteiger partial charge in [-0.1, -0.05) is 24.3 Å². The van der Waals surface area contributed by atoms with Crippen LogP contribution in [-0.2, 0) is 6.54 Å². The number of pyridine rings is 2. The van der Waals surface area contributed by atoms with Crippen molar-refractivity contribution in [3.63, 3.8) is 0 Å². The van der Waals surface area contributed by atoms with Crippen LogP contribution in [0.25, 0.3) is 22.5 Å². The molecular weight excluding hydrogens is 354 g/mol. The number of para-hydroxylation sites is 2. The zero-order chi connectivity index (χ0) is 18.9. The number of hydrogen-bond donors (Lipinski definition) is 1. The molecule has 5 aromatic rings. The fourth-order valence-electron chi connectivity index (χ4n) is 3.20. The molecule has 0 radical (unpaired) electrons. The highest BCUT2D eigenvalue weighted by atomic mass is 16.2. The summed E-state index contributed by atoms with van der Waals surface area (Å²) in [6.45, 7) is 0.978. The van der Waals surface area contributed by atoms with E-state index in [9.17, 15) is 4.79 Å².